The van der Waals surface area contributed by atoms with E-state index < -0.39 is 6.04 Å². The number of carbonyl (C=O) groups is 1. The standard InChI is InChI=1S/C27H20N6O2/c34-27(19-14-31-33-15-18(8-9-22(19)33)20-6-3-4-11-28-20)32-12-10-21-25(30-16-29-21)26(32)24-13-17-5-1-2-7-23(17)35-24/h1-9,11,13-16,26H,10,12H2,(H,29,30)/t26-/m1/s1. The van der Waals surface area contributed by atoms with Crippen molar-refractivity contribution >= 4 is 22.4 Å². The van der Waals surface area contributed by atoms with E-state index in [4.69, 9.17) is 4.42 Å². The average Bonchev–Trinajstić information content (AvgIpc) is 3.65. The lowest BCUT2D eigenvalue weighted by atomic mass is 9.99. The lowest BCUT2D eigenvalue weighted by Crippen LogP contribution is -2.40. The predicted octanol–water partition coefficient (Wildman–Crippen LogP) is 4.65. The highest BCUT2D eigenvalue weighted by atomic mass is 16.3. The van der Waals surface area contributed by atoms with Crippen LogP contribution in [0.3, 0.4) is 0 Å². The molecule has 0 saturated carbocycles. The Morgan fingerprint density at radius 1 is 1.06 bits per heavy atom. The summed E-state index contributed by atoms with van der Waals surface area (Å²) in [6.45, 7) is 0.541. The minimum Gasteiger partial charge on any atom is -0.458 e. The first-order chi connectivity index (χ1) is 17.3. The molecule has 35 heavy (non-hydrogen) atoms. The molecule has 7 rings (SSSR count). The molecule has 8 nitrogen and oxygen atoms in total. The summed E-state index contributed by atoms with van der Waals surface area (Å²) < 4.78 is 7.94. The highest BCUT2D eigenvalue weighted by Crippen LogP contribution is 2.37. The molecule has 0 radical (unpaired) electrons. The van der Waals surface area contributed by atoms with E-state index in [1.807, 2.05) is 71.8 Å². The molecule has 1 aromatic carbocycles. The van der Waals surface area contributed by atoms with E-state index in [0.29, 0.717) is 24.3 Å². The number of rotatable bonds is 3. The van der Waals surface area contributed by atoms with E-state index in [1.54, 1.807) is 23.2 Å². The maximum atomic E-state index is 13.9. The Bertz CT molecular complexity index is 1660. The number of fused-ring (bicyclic) bond motifs is 3. The van der Waals surface area contributed by atoms with Crippen molar-refractivity contribution in [2.24, 2.45) is 0 Å². The van der Waals surface area contributed by atoms with Crippen molar-refractivity contribution in [3.8, 4) is 11.3 Å². The van der Waals surface area contributed by atoms with Crippen molar-refractivity contribution < 1.29 is 9.21 Å². The van der Waals surface area contributed by atoms with Gasteiger partial charge in [-0.15, -0.1) is 0 Å². The summed E-state index contributed by atoms with van der Waals surface area (Å²) in [5.74, 6) is 0.589. The zero-order valence-electron chi connectivity index (χ0n) is 18.6. The molecule has 6 heterocycles. The summed E-state index contributed by atoms with van der Waals surface area (Å²) in [6.07, 6.45) is 7.67. The van der Waals surface area contributed by atoms with Crippen LogP contribution in [-0.4, -0.2) is 41.9 Å². The van der Waals surface area contributed by atoms with E-state index in [-0.39, 0.29) is 5.91 Å². The number of imidazole rings is 1. The fourth-order valence-corrected chi connectivity index (χ4v) is 4.91. The lowest BCUT2D eigenvalue weighted by molar-refractivity contribution is 0.0675. The molecule has 0 saturated heterocycles. The van der Waals surface area contributed by atoms with Crippen molar-refractivity contribution in [3.63, 3.8) is 0 Å². The normalized spacial score (nSPS) is 15.5. The van der Waals surface area contributed by atoms with Gasteiger partial charge in [0.25, 0.3) is 5.91 Å². The smallest absolute Gasteiger partial charge is 0.258 e. The summed E-state index contributed by atoms with van der Waals surface area (Å²) in [4.78, 5) is 28.0. The van der Waals surface area contributed by atoms with Gasteiger partial charge in [0.2, 0.25) is 0 Å². The predicted molar refractivity (Wildman–Crippen MR) is 130 cm³/mol. The number of benzene rings is 1. The molecule has 0 unspecified atom stereocenters. The first-order valence-corrected chi connectivity index (χ1v) is 11.5. The second-order valence-corrected chi connectivity index (χ2v) is 8.62. The number of nitrogens with zero attached hydrogens (tertiary/aromatic N) is 5. The number of H-pyrrole nitrogens is 1. The third-order valence-corrected chi connectivity index (χ3v) is 6.61. The molecule has 8 heteroatoms. The van der Waals surface area contributed by atoms with Crippen LogP contribution in [0.25, 0.3) is 27.7 Å². The van der Waals surface area contributed by atoms with Crippen LogP contribution in [0.4, 0.5) is 0 Å². The van der Waals surface area contributed by atoms with Crippen molar-refractivity contribution in [3.05, 3.63) is 108 Å². The number of aromatic nitrogens is 5. The van der Waals surface area contributed by atoms with Crippen LogP contribution in [-0.2, 0) is 6.42 Å². The van der Waals surface area contributed by atoms with Crippen LogP contribution < -0.4 is 0 Å². The number of para-hydroxylation sites is 1. The second kappa shape index (κ2) is 7.66. The number of nitrogens with one attached hydrogen (secondary N) is 1. The van der Waals surface area contributed by atoms with E-state index in [2.05, 4.69) is 20.1 Å². The van der Waals surface area contributed by atoms with E-state index >= 15 is 0 Å². The zero-order chi connectivity index (χ0) is 23.4. The molecule has 0 bridgehead atoms. The molecule has 1 atom stereocenters. The third-order valence-electron chi connectivity index (χ3n) is 6.61. The molecule has 5 aromatic heterocycles. The number of hydrogen-bond acceptors (Lipinski definition) is 5. The summed E-state index contributed by atoms with van der Waals surface area (Å²) in [5.41, 5.74) is 5.69. The van der Waals surface area contributed by atoms with Gasteiger partial charge in [-0.1, -0.05) is 24.3 Å². The first kappa shape index (κ1) is 19.7. The Labute approximate surface area is 199 Å². The molecule has 1 aliphatic rings. The van der Waals surface area contributed by atoms with Gasteiger partial charge in [-0.25, -0.2) is 9.50 Å². The van der Waals surface area contributed by atoms with E-state index in [0.717, 1.165) is 39.1 Å². The van der Waals surface area contributed by atoms with Crippen LogP contribution in [0.2, 0.25) is 0 Å². The van der Waals surface area contributed by atoms with E-state index in [1.165, 1.54) is 0 Å². The Morgan fingerprint density at radius 3 is 2.86 bits per heavy atom. The SMILES string of the molecule is O=C(c1cnn2cc(-c3ccccn3)ccc12)N1CCc2[nH]cnc2[C@H]1c1cc2ccccc2o1. The number of pyridine rings is 2. The van der Waals surface area contributed by atoms with Gasteiger partial charge in [0, 0.05) is 42.0 Å². The van der Waals surface area contributed by atoms with Crippen molar-refractivity contribution in [2.75, 3.05) is 6.54 Å². The lowest BCUT2D eigenvalue weighted by Gasteiger charge is -2.33. The highest BCUT2D eigenvalue weighted by molar-refractivity contribution is 6.01. The molecule has 170 valence electrons. The summed E-state index contributed by atoms with van der Waals surface area (Å²) >= 11 is 0. The van der Waals surface area contributed by atoms with Gasteiger partial charge in [-0.3, -0.25) is 9.78 Å². The summed E-state index contributed by atoms with van der Waals surface area (Å²) in [5, 5.41) is 5.48. The quantitative estimate of drug-likeness (QED) is 0.415. The number of hydrogen-bond donors (Lipinski definition) is 1. The largest absolute Gasteiger partial charge is 0.458 e. The van der Waals surface area contributed by atoms with Crippen LogP contribution in [0, 0.1) is 0 Å². The monoisotopic (exact) mass is 460 g/mol. The maximum Gasteiger partial charge on any atom is 0.258 e. The summed E-state index contributed by atoms with van der Waals surface area (Å²) in [6, 6.07) is 19.1. The Morgan fingerprint density at radius 2 is 1.97 bits per heavy atom. The van der Waals surface area contributed by atoms with Gasteiger partial charge in [0.15, 0.2) is 0 Å². The molecule has 1 aliphatic heterocycles. The van der Waals surface area contributed by atoms with Gasteiger partial charge in [0.1, 0.15) is 17.4 Å². The second-order valence-electron chi connectivity index (χ2n) is 8.62. The first-order valence-electron chi connectivity index (χ1n) is 11.5. The Hall–Kier alpha value is -4.72. The molecule has 0 spiro atoms. The molecule has 1 amide bonds. The fourth-order valence-electron chi connectivity index (χ4n) is 4.91. The molecule has 0 fully saturated rings. The molecular weight excluding hydrogens is 440 g/mol. The van der Waals surface area contributed by atoms with Crippen molar-refractivity contribution in [2.45, 2.75) is 12.5 Å². The minimum atomic E-state index is -0.423. The molecular formula is C27H20N6O2. The molecule has 0 aliphatic carbocycles. The average molecular weight is 460 g/mol. The highest BCUT2D eigenvalue weighted by Gasteiger charge is 2.37. The molecule has 6 aromatic rings. The number of carbonyl (C=O) groups excluding carboxylic acids is 1. The number of aromatic amines is 1. The third kappa shape index (κ3) is 3.14. The van der Waals surface area contributed by atoms with Gasteiger partial charge in [-0.05, 0) is 36.4 Å². The maximum absolute atomic E-state index is 13.9. The minimum absolute atomic E-state index is 0.107. The van der Waals surface area contributed by atoms with Gasteiger partial charge >= 0.3 is 0 Å². The van der Waals surface area contributed by atoms with Crippen LogP contribution in [0.15, 0.2) is 90.0 Å². The topological polar surface area (TPSA) is 92.3 Å². The fraction of sp³-hybridized carbons (Fsp3) is 0.111. The van der Waals surface area contributed by atoms with Crippen LogP contribution >= 0.6 is 0 Å². The number of furan rings is 1. The van der Waals surface area contributed by atoms with Crippen molar-refractivity contribution in [1.82, 2.24) is 29.5 Å². The summed E-state index contributed by atoms with van der Waals surface area (Å²) in [7, 11) is 0. The van der Waals surface area contributed by atoms with Crippen LogP contribution in [0.1, 0.15) is 33.5 Å². The van der Waals surface area contributed by atoms with Gasteiger partial charge in [0.05, 0.1) is 35.0 Å². The van der Waals surface area contributed by atoms with Crippen molar-refractivity contribution in [1.29, 1.82) is 0 Å². The Balaban J connectivity index is 1.30. The van der Waals surface area contributed by atoms with Crippen LogP contribution in [0.5, 0.6) is 0 Å². The zero-order valence-corrected chi connectivity index (χ0v) is 18.6. The van der Waals surface area contributed by atoms with Gasteiger partial charge < -0.3 is 14.3 Å². The van der Waals surface area contributed by atoms with E-state index in [9.17, 15) is 4.79 Å². The number of amides is 1. The van der Waals surface area contributed by atoms with Gasteiger partial charge in [-0.2, -0.15) is 5.10 Å². The Kier molecular flexibility index (Phi) is 4.32. The molecule has 1 N–H and O–H groups in total.